The van der Waals surface area contributed by atoms with E-state index in [0.29, 0.717) is 23.7 Å². The highest BCUT2D eigenvalue weighted by molar-refractivity contribution is 14.0. The third-order valence-corrected chi connectivity index (χ3v) is 9.06. The minimum Gasteiger partial charge on any atom is -0.501 e. The van der Waals surface area contributed by atoms with E-state index >= 15 is 0 Å². The first-order valence-corrected chi connectivity index (χ1v) is 10.9. The van der Waals surface area contributed by atoms with Gasteiger partial charge in [0.25, 0.3) is 0 Å². The molecule has 0 aromatic rings. The molecule has 5 heteroatoms. The molecule has 4 rings (SSSR count). The number of halogens is 1. The van der Waals surface area contributed by atoms with Crippen LogP contribution >= 0.6 is 24.0 Å². The Balaban J connectivity index is 0.00000210. The lowest BCUT2D eigenvalue weighted by Crippen LogP contribution is -2.54. The van der Waals surface area contributed by atoms with Crippen molar-refractivity contribution in [2.45, 2.75) is 70.1 Å². The van der Waals surface area contributed by atoms with Crippen molar-refractivity contribution >= 4 is 35.6 Å². The number of ether oxygens (including phenoxy) is 2. The molecule has 0 radical (unpaired) electrons. The van der Waals surface area contributed by atoms with Gasteiger partial charge in [0.1, 0.15) is 0 Å². The van der Waals surface area contributed by atoms with Gasteiger partial charge in [0.15, 0.2) is 0 Å². The molecule has 2 fully saturated rings. The average Bonchev–Trinajstić information content (AvgIpc) is 2.99. The predicted molar refractivity (Wildman–Crippen MR) is 120 cm³/mol. The van der Waals surface area contributed by atoms with E-state index in [4.69, 9.17) is 9.47 Å². The standard InChI is InChI=1S/C22H33O3S.HI/c1-20(2,26-23)18-13-25-22(4)11-9-17-16(19(18)22)7-6-14-12-15(24-5)8-10-21(14,17)3;/h6,12,16-19H,7-11,13H2,1-5H3;1H/q+1;/t16?,17?,18-,19?,21+,22+;/m1./s1. The number of methoxy groups -OCH3 is 1. The Bertz CT molecular complexity index is 672. The summed E-state index contributed by atoms with van der Waals surface area (Å²) in [6.45, 7) is 9.76. The molecule has 4 aliphatic rings. The van der Waals surface area contributed by atoms with Crippen molar-refractivity contribution in [3.8, 4) is 0 Å². The molecule has 1 saturated heterocycles. The Morgan fingerprint density at radius 2 is 2.04 bits per heavy atom. The Labute approximate surface area is 185 Å². The Hall–Kier alpha value is -0.0100. The molecule has 6 atom stereocenters. The first kappa shape index (κ1) is 21.7. The fraction of sp³-hybridized carbons (Fsp3) is 0.818. The van der Waals surface area contributed by atoms with Crippen LogP contribution in [-0.4, -0.2) is 24.1 Å². The van der Waals surface area contributed by atoms with Crippen LogP contribution in [0, 0.1) is 29.1 Å². The number of hydrogen-bond donors (Lipinski definition) is 0. The fourth-order valence-electron chi connectivity index (χ4n) is 6.65. The van der Waals surface area contributed by atoms with Gasteiger partial charge in [-0.1, -0.05) is 13.0 Å². The maximum atomic E-state index is 11.9. The largest absolute Gasteiger partial charge is 0.501 e. The zero-order valence-corrected chi connectivity index (χ0v) is 20.4. The summed E-state index contributed by atoms with van der Waals surface area (Å²) in [5.41, 5.74) is 1.68. The summed E-state index contributed by atoms with van der Waals surface area (Å²) in [6, 6.07) is 0. The second-order valence-corrected chi connectivity index (χ2v) is 11.1. The highest BCUT2D eigenvalue weighted by Crippen LogP contribution is 2.63. The normalized spacial score (nSPS) is 43.3. The molecule has 3 aliphatic carbocycles. The average molecular weight is 505 g/mol. The lowest BCUT2D eigenvalue weighted by Gasteiger charge is -2.56. The SMILES string of the molecule is COC1=CC2=CCC3C(CC[C@]4(C)OC[C@@H](C(C)(C)[S+]=O)C34)[C@@]2(C)CC1.I. The van der Waals surface area contributed by atoms with Crippen molar-refractivity contribution < 1.29 is 13.7 Å². The predicted octanol–water partition coefficient (Wildman–Crippen LogP) is 5.52. The van der Waals surface area contributed by atoms with Gasteiger partial charge in [0.2, 0.25) is 4.75 Å². The summed E-state index contributed by atoms with van der Waals surface area (Å²) in [5, 5.41) is 0. The van der Waals surface area contributed by atoms with Gasteiger partial charge >= 0.3 is 11.7 Å². The van der Waals surface area contributed by atoms with Crippen LogP contribution < -0.4 is 0 Å². The molecule has 0 spiro atoms. The van der Waals surface area contributed by atoms with E-state index < -0.39 is 0 Å². The maximum absolute atomic E-state index is 11.9. The first-order valence-electron chi connectivity index (χ1n) is 10.2. The Morgan fingerprint density at radius 1 is 1.30 bits per heavy atom. The molecule has 0 N–H and O–H groups in total. The van der Waals surface area contributed by atoms with E-state index in [1.165, 1.54) is 18.4 Å². The van der Waals surface area contributed by atoms with Crippen LogP contribution in [0.15, 0.2) is 23.5 Å². The van der Waals surface area contributed by atoms with Crippen molar-refractivity contribution in [2.24, 2.45) is 29.1 Å². The lowest BCUT2D eigenvalue weighted by molar-refractivity contribution is -0.0901. The van der Waals surface area contributed by atoms with Crippen molar-refractivity contribution in [1.82, 2.24) is 0 Å². The third-order valence-electron chi connectivity index (χ3n) is 8.33. The van der Waals surface area contributed by atoms with E-state index in [0.717, 1.165) is 43.3 Å². The molecule has 3 nitrogen and oxygen atoms in total. The molecule has 1 saturated carbocycles. The highest BCUT2D eigenvalue weighted by atomic mass is 127. The van der Waals surface area contributed by atoms with Gasteiger partial charge in [-0.25, -0.2) is 0 Å². The molecular weight excluding hydrogens is 471 g/mol. The monoisotopic (exact) mass is 505 g/mol. The van der Waals surface area contributed by atoms with Crippen molar-refractivity contribution in [2.75, 3.05) is 13.7 Å². The third kappa shape index (κ3) is 3.24. The van der Waals surface area contributed by atoms with Crippen molar-refractivity contribution in [1.29, 1.82) is 0 Å². The zero-order chi connectivity index (χ0) is 18.7. The fourth-order valence-corrected chi connectivity index (χ4v) is 6.99. The molecule has 27 heavy (non-hydrogen) atoms. The maximum Gasteiger partial charge on any atom is 0.465 e. The molecule has 0 aromatic heterocycles. The summed E-state index contributed by atoms with van der Waals surface area (Å²) in [7, 11) is 1.79. The number of allylic oxidation sites excluding steroid dienone is 4. The Kier molecular flexibility index (Phi) is 5.91. The summed E-state index contributed by atoms with van der Waals surface area (Å²) < 4.78 is 23.5. The van der Waals surface area contributed by atoms with Gasteiger partial charge in [0.05, 0.1) is 31.0 Å². The van der Waals surface area contributed by atoms with Gasteiger partial charge in [0, 0.05) is 30.4 Å². The summed E-state index contributed by atoms with van der Waals surface area (Å²) in [6.07, 6.45) is 10.5. The van der Waals surface area contributed by atoms with Gasteiger partial charge in [-0.3, -0.25) is 0 Å². The van der Waals surface area contributed by atoms with Crippen molar-refractivity contribution in [3.63, 3.8) is 0 Å². The summed E-state index contributed by atoms with van der Waals surface area (Å²) in [5.74, 6) is 3.26. The molecular formula is C22H34IO3S+. The molecule has 0 bridgehead atoms. The Morgan fingerprint density at radius 3 is 2.70 bits per heavy atom. The van der Waals surface area contributed by atoms with E-state index in [1.807, 2.05) is 0 Å². The number of rotatable bonds is 3. The number of hydrogen-bond acceptors (Lipinski definition) is 3. The number of fused-ring (bicyclic) bond motifs is 5. The zero-order valence-electron chi connectivity index (χ0n) is 17.2. The molecule has 1 heterocycles. The quantitative estimate of drug-likeness (QED) is 0.375. The van der Waals surface area contributed by atoms with E-state index in [1.54, 1.807) is 7.11 Å². The lowest BCUT2D eigenvalue weighted by atomic mass is 9.49. The second kappa shape index (κ2) is 7.35. The molecule has 1 aliphatic heterocycles. The van der Waals surface area contributed by atoms with Crippen LogP contribution in [0.3, 0.4) is 0 Å². The van der Waals surface area contributed by atoms with Crippen LogP contribution in [0.4, 0.5) is 0 Å². The minimum absolute atomic E-state index is 0. The first-order chi connectivity index (χ1) is 12.2. The molecule has 0 aromatic carbocycles. The van der Waals surface area contributed by atoms with Gasteiger partial charge in [-0.05, 0) is 61.5 Å². The van der Waals surface area contributed by atoms with E-state index in [9.17, 15) is 4.21 Å². The summed E-state index contributed by atoms with van der Waals surface area (Å²) in [4.78, 5) is 0. The van der Waals surface area contributed by atoms with Gasteiger partial charge in [-0.15, -0.1) is 24.0 Å². The van der Waals surface area contributed by atoms with Crippen LogP contribution in [-0.2, 0) is 25.3 Å². The smallest absolute Gasteiger partial charge is 0.465 e. The molecule has 3 unspecified atom stereocenters. The van der Waals surface area contributed by atoms with Crippen molar-refractivity contribution in [3.05, 3.63) is 23.5 Å². The van der Waals surface area contributed by atoms with E-state index in [2.05, 4.69) is 39.8 Å². The van der Waals surface area contributed by atoms with E-state index in [-0.39, 0.29) is 39.7 Å². The van der Waals surface area contributed by atoms with Crippen LogP contribution in [0.25, 0.3) is 0 Å². The van der Waals surface area contributed by atoms with Crippen LogP contribution in [0.1, 0.15) is 59.8 Å². The highest BCUT2D eigenvalue weighted by Gasteiger charge is 2.64. The minimum atomic E-state index is -0.273. The summed E-state index contributed by atoms with van der Waals surface area (Å²) >= 11 is 0.772. The second-order valence-electron chi connectivity index (χ2n) is 9.88. The van der Waals surface area contributed by atoms with Crippen LogP contribution in [0.5, 0.6) is 0 Å². The van der Waals surface area contributed by atoms with Crippen LogP contribution in [0.2, 0.25) is 0 Å². The topological polar surface area (TPSA) is 35.5 Å². The van der Waals surface area contributed by atoms with Gasteiger partial charge in [-0.2, -0.15) is 0 Å². The van der Waals surface area contributed by atoms with Gasteiger partial charge < -0.3 is 9.47 Å². The molecule has 0 amide bonds. The molecule has 152 valence electrons.